The Labute approximate surface area is 161 Å². The van der Waals surface area contributed by atoms with E-state index >= 15 is 0 Å². The molecule has 27 heavy (non-hydrogen) atoms. The Morgan fingerprint density at radius 3 is 1.41 bits per heavy atom. The van der Waals surface area contributed by atoms with Crippen molar-refractivity contribution < 1.29 is 19.1 Å². The first kappa shape index (κ1) is 20.7. The van der Waals surface area contributed by atoms with Crippen molar-refractivity contribution in [3.8, 4) is 0 Å². The molecule has 2 rings (SSSR count). The van der Waals surface area contributed by atoms with Gasteiger partial charge < -0.3 is 9.47 Å². The predicted molar refractivity (Wildman–Crippen MR) is 106 cm³/mol. The quantitative estimate of drug-likeness (QED) is 0.535. The first-order chi connectivity index (χ1) is 13.1. The molecule has 2 aromatic carbocycles. The van der Waals surface area contributed by atoms with Crippen molar-refractivity contribution in [2.75, 3.05) is 13.2 Å². The van der Waals surface area contributed by atoms with Crippen molar-refractivity contribution in [2.24, 2.45) is 5.41 Å². The van der Waals surface area contributed by atoms with Crippen LogP contribution in [-0.2, 0) is 9.47 Å². The van der Waals surface area contributed by atoms with Gasteiger partial charge in [-0.15, -0.1) is 0 Å². The van der Waals surface area contributed by atoms with Gasteiger partial charge in [-0.1, -0.05) is 63.1 Å². The molecule has 0 unspecified atom stereocenters. The molecule has 0 bridgehead atoms. The summed E-state index contributed by atoms with van der Waals surface area (Å²) in [5.74, 6) is -0.692. The Balaban J connectivity index is 2.04. The van der Waals surface area contributed by atoms with Crippen LogP contribution in [0.4, 0.5) is 0 Å². The van der Waals surface area contributed by atoms with Gasteiger partial charge in [0.25, 0.3) is 0 Å². The number of ether oxygens (including phenoxy) is 2. The standard InChI is InChI=1S/C23H28O4/c1-3-15-23(16-4-2,17-26-21(24)19-11-7-5-8-12-19)18-27-22(25)20-13-9-6-10-14-20/h5-14H,3-4,15-18H2,1-2H3. The van der Waals surface area contributed by atoms with Crippen LogP contribution in [0.3, 0.4) is 0 Å². The lowest BCUT2D eigenvalue weighted by atomic mass is 9.80. The summed E-state index contributed by atoms with van der Waals surface area (Å²) in [5.41, 5.74) is 0.694. The van der Waals surface area contributed by atoms with E-state index in [9.17, 15) is 9.59 Å². The van der Waals surface area contributed by atoms with E-state index in [0.29, 0.717) is 11.1 Å². The van der Waals surface area contributed by atoms with Gasteiger partial charge in [-0.05, 0) is 37.1 Å². The molecule has 0 radical (unpaired) electrons. The Morgan fingerprint density at radius 2 is 1.07 bits per heavy atom. The smallest absolute Gasteiger partial charge is 0.338 e. The van der Waals surface area contributed by atoms with Crippen LogP contribution in [0.5, 0.6) is 0 Å². The second-order valence-electron chi connectivity index (χ2n) is 6.88. The number of hydrogen-bond donors (Lipinski definition) is 0. The Kier molecular flexibility index (Phi) is 8.05. The highest BCUT2D eigenvalue weighted by Crippen LogP contribution is 2.31. The number of carbonyl (C=O) groups excluding carboxylic acids is 2. The molecular formula is C23H28O4. The third-order valence-electron chi connectivity index (χ3n) is 4.60. The van der Waals surface area contributed by atoms with Crippen LogP contribution in [0, 0.1) is 5.41 Å². The van der Waals surface area contributed by atoms with Crippen molar-refractivity contribution >= 4 is 11.9 Å². The fraction of sp³-hybridized carbons (Fsp3) is 0.391. The van der Waals surface area contributed by atoms with Crippen LogP contribution in [0.1, 0.15) is 60.2 Å². The Bertz CT molecular complexity index is 646. The van der Waals surface area contributed by atoms with Crippen LogP contribution in [-0.4, -0.2) is 25.2 Å². The first-order valence-corrected chi connectivity index (χ1v) is 9.54. The minimum atomic E-state index is -0.363. The molecule has 0 atom stereocenters. The van der Waals surface area contributed by atoms with E-state index in [-0.39, 0.29) is 30.6 Å². The van der Waals surface area contributed by atoms with Crippen molar-refractivity contribution in [1.82, 2.24) is 0 Å². The Hall–Kier alpha value is -2.62. The number of carbonyl (C=O) groups is 2. The predicted octanol–water partition coefficient (Wildman–Crippen LogP) is 5.29. The van der Waals surface area contributed by atoms with Gasteiger partial charge in [0.15, 0.2) is 0 Å². The molecule has 4 nitrogen and oxygen atoms in total. The number of benzene rings is 2. The molecule has 0 aromatic heterocycles. The van der Waals surface area contributed by atoms with Crippen molar-refractivity contribution in [3.05, 3.63) is 71.8 Å². The zero-order valence-corrected chi connectivity index (χ0v) is 16.1. The normalized spacial score (nSPS) is 11.0. The van der Waals surface area contributed by atoms with E-state index < -0.39 is 0 Å². The van der Waals surface area contributed by atoms with Crippen LogP contribution in [0.25, 0.3) is 0 Å². The third-order valence-corrected chi connectivity index (χ3v) is 4.60. The van der Waals surface area contributed by atoms with E-state index in [1.54, 1.807) is 24.3 Å². The molecular weight excluding hydrogens is 340 g/mol. The molecule has 0 amide bonds. The van der Waals surface area contributed by atoms with E-state index in [1.165, 1.54) is 0 Å². The van der Waals surface area contributed by atoms with E-state index in [0.717, 1.165) is 25.7 Å². The van der Waals surface area contributed by atoms with Gasteiger partial charge in [-0.25, -0.2) is 9.59 Å². The zero-order chi connectivity index (χ0) is 19.5. The zero-order valence-electron chi connectivity index (χ0n) is 16.1. The first-order valence-electron chi connectivity index (χ1n) is 9.54. The SMILES string of the molecule is CCCC(CCC)(COC(=O)c1ccccc1)COC(=O)c1ccccc1. The number of esters is 2. The lowest BCUT2D eigenvalue weighted by Crippen LogP contribution is -2.34. The van der Waals surface area contributed by atoms with Crippen molar-refractivity contribution in [1.29, 1.82) is 0 Å². The summed E-state index contributed by atoms with van der Waals surface area (Å²) in [4.78, 5) is 24.7. The minimum Gasteiger partial charge on any atom is -0.461 e. The van der Waals surface area contributed by atoms with E-state index in [4.69, 9.17) is 9.47 Å². The molecule has 0 aliphatic carbocycles. The van der Waals surface area contributed by atoms with Crippen molar-refractivity contribution in [2.45, 2.75) is 39.5 Å². The summed E-state index contributed by atoms with van der Waals surface area (Å²) >= 11 is 0. The molecule has 2 aromatic rings. The van der Waals surface area contributed by atoms with Gasteiger partial charge in [0, 0.05) is 5.41 Å². The van der Waals surface area contributed by atoms with Crippen LogP contribution >= 0.6 is 0 Å². The van der Waals surface area contributed by atoms with Crippen LogP contribution in [0.2, 0.25) is 0 Å². The molecule has 0 aliphatic rings. The summed E-state index contributed by atoms with van der Waals surface area (Å²) in [6.07, 6.45) is 3.49. The number of rotatable bonds is 10. The average molecular weight is 368 g/mol. The fourth-order valence-corrected chi connectivity index (χ4v) is 3.27. The largest absolute Gasteiger partial charge is 0.461 e. The second kappa shape index (κ2) is 10.5. The lowest BCUT2D eigenvalue weighted by Gasteiger charge is -2.32. The maximum atomic E-state index is 12.3. The maximum Gasteiger partial charge on any atom is 0.338 e. The molecule has 0 heterocycles. The van der Waals surface area contributed by atoms with Gasteiger partial charge in [-0.3, -0.25) is 0 Å². The van der Waals surface area contributed by atoms with Gasteiger partial charge in [0.1, 0.15) is 13.2 Å². The van der Waals surface area contributed by atoms with Crippen molar-refractivity contribution in [3.63, 3.8) is 0 Å². The van der Waals surface area contributed by atoms with Gasteiger partial charge in [0.05, 0.1) is 11.1 Å². The molecule has 0 saturated heterocycles. The highest BCUT2D eigenvalue weighted by atomic mass is 16.5. The Morgan fingerprint density at radius 1 is 0.704 bits per heavy atom. The highest BCUT2D eigenvalue weighted by molar-refractivity contribution is 5.89. The van der Waals surface area contributed by atoms with E-state index in [1.807, 2.05) is 36.4 Å². The molecule has 0 N–H and O–H groups in total. The van der Waals surface area contributed by atoms with Gasteiger partial charge >= 0.3 is 11.9 Å². The summed E-state index contributed by atoms with van der Waals surface area (Å²) in [5, 5.41) is 0. The molecule has 0 aliphatic heterocycles. The summed E-state index contributed by atoms with van der Waals surface area (Å²) < 4.78 is 11.2. The summed E-state index contributed by atoms with van der Waals surface area (Å²) in [6.45, 7) is 4.65. The molecule has 144 valence electrons. The molecule has 0 spiro atoms. The van der Waals surface area contributed by atoms with Gasteiger partial charge in [-0.2, -0.15) is 0 Å². The lowest BCUT2D eigenvalue weighted by molar-refractivity contribution is -0.0128. The molecule has 0 fully saturated rings. The summed E-state index contributed by atoms with van der Waals surface area (Å²) in [7, 11) is 0. The maximum absolute atomic E-state index is 12.3. The molecule has 0 saturated carbocycles. The van der Waals surface area contributed by atoms with E-state index in [2.05, 4.69) is 13.8 Å². The van der Waals surface area contributed by atoms with Crippen LogP contribution < -0.4 is 0 Å². The number of hydrogen-bond acceptors (Lipinski definition) is 4. The highest BCUT2D eigenvalue weighted by Gasteiger charge is 2.32. The van der Waals surface area contributed by atoms with Gasteiger partial charge in [0.2, 0.25) is 0 Å². The average Bonchev–Trinajstić information content (AvgIpc) is 2.72. The topological polar surface area (TPSA) is 52.6 Å². The second-order valence-corrected chi connectivity index (χ2v) is 6.88. The van der Waals surface area contributed by atoms with Crippen LogP contribution in [0.15, 0.2) is 60.7 Å². The fourth-order valence-electron chi connectivity index (χ4n) is 3.27. The molecule has 4 heteroatoms. The summed E-state index contributed by atoms with van der Waals surface area (Å²) in [6, 6.07) is 17.9. The minimum absolute atomic E-state index is 0.241. The third kappa shape index (κ3) is 6.24. The monoisotopic (exact) mass is 368 g/mol.